The molecule has 26 heavy (non-hydrogen) atoms. The molecule has 0 unspecified atom stereocenters. The summed E-state index contributed by atoms with van der Waals surface area (Å²) in [5, 5.41) is 16.3. The van der Waals surface area contributed by atoms with Crippen LogP contribution in [-0.2, 0) is 17.8 Å². The van der Waals surface area contributed by atoms with E-state index in [-0.39, 0.29) is 5.91 Å². The van der Waals surface area contributed by atoms with E-state index in [1.54, 1.807) is 15.9 Å². The number of carbonyl (C=O) groups excluding carboxylic acids is 1. The van der Waals surface area contributed by atoms with Crippen LogP contribution in [0.4, 0.5) is 0 Å². The quantitative estimate of drug-likeness (QED) is 0.553. The highest BCUT2D eigenvalue weighted by Crippen LogP contribution is 2.27. The highest BCUT2D eigenvalue weighted by atomic mass is 32.1. The smallest absolute Gasteiger partial charge is 0.234 e. The number of nitrogens with zero attached hydrogens (tertiary/aromatic N) is 4. The van der Waals surface area contributed by atoms with E-state index in [1.165, 1.54) is 21.8 Å². The molecule has 0 aliphatic rings. The number of fused-ring (bicyclic) bond motifs is 1. The van der Waals surface area contributed by atoms with Gasteiger partial charge in [-0.1, -0.05) is 41.7 Å². The van der Waals surface area contributed by atoms with Crippen LogP contribution in [0, 0.1) is 6.92 Å². The Morgan fingerprint density at radius 2 is 1.96 bits per heavy atom. The number of carbonyl (C=O) groups is 1. The summed E-state index contributed by atoms with van der Waals surface area (Å²) in [6.45, 7) is 2.42. The second-order valence-corrected chi connectivity index (χ2v) is 8.05. The molecule has 0 saturated heterocycles. The monoisotopic (exact) mass is 383 g/mol. The van der Waals surface area contributed by atoms with Gasteiger partial charge < -0.3 is 5.32 Å². The Bertz CT molecular complexity index is 1030. The Kier molecular flexibility index (Phi) is 4.77. The van der Waals surface area contributed by atoms with E-state index >= 15 is 0 Å². The first-order valence-corrected chi connectivity index (χ1v) is 9.91. The van der Waals surface area contributed by atoms with Gasteiger partial charge in [0.25, 0.3) is 0 Å². The predicted octanol–water partition coefficient (Wildman–Crippen LogP) is 3.47. The average molecular weight is 384 g/mol. The van der Waals surface area contributed by atoms with Crippen LogP contribution in [0.3, 0.4) is 0 Å². The van der Waals surface area contributed by atoms with Gasteiger partial charge in [-0.2, -0.15) is 9.61 Å². The van der Waals surface area contributed by atoms with E-state index in [0.29, 0.717) is 19.4 Å². The minimum atomic E-state index is 0.0300. The molecule has 0 spiro atoms. The van der Waals surface area contributed by atoms with Crippen molar-refractivity contribution in [1.82, 2.24) is 25.1 Å². The lowest BCUT2D eigenvalue weighted by molar-refractivity contribution is -0.121. The molecule has 132 valence electrons. The van der Waals surface area contributed by atoms with Crippen molar-refractivity contribution in [3.63, 3.8) is 0 Å². The number of aryl methyl sites for hydroxylation is 2. The molecule has 0 bridgehead atoms. The van der Waals surface area contributed by atoms with Gasteiger partial charge >= 0.3 is 0 Å². The zero-order valence-corrected chi connectivity index (χ0v) is 15.8. The van der Waals surface area contributed by atoms with Crippen molar-refractivity contribution in [2.24, 2.45) is 0 Å². The second-order valence-electron chi connectivity index (χ2n) is 5.85. The first kappa shape index (κ1) is 16.9. The Morgan fingerprint density at radius 3 is 2.77 bits per heavy atom. The van der Waals surface area contributed by atoms with Crippen LogP contribution in [0.5, 0.6) is 0 Å². The summed E-state index contributed by atoms with van der Waals surface area (Å²) in [5.41, 5.74) is 1.20. The van der Waals surface area contributed by atoms with E-state index in [4.69, 9.17) is 0 Å². The molecular weight excluding hydrogens is 366 g/mol. The van der Waals surface area contributed by atoms with Gasteiger partial charge in [-0.3, -0.25) is 4.79 Å². The van der Waals surface area contributed by atoms with Crippen LogP contribution in [0.25, 0.3) is 15.4 Å². The molecule has 0 atom stereocenters. The number of amides is 1. The fourth-order valence-corrected chi connectivity index (χ4v) is 4.41. The van der Waals surface area contributed by atoms with Gasteiger partial charge in [-0.15, -0.1) is 21.5 Å². The van der Waals surface area contributed by atoms with Crippen LogP contribution in [0.2, 0.25) is 0 Å². The first-order valence-electron chi connectivity index (χ1n) is 8.27. The van der Waals surface area contributed by atoms with Gasteiger partial charge in [0.15, 0.2) is 5.82 Å². The van der Waals surface area contributed by atoms with Crippen LogP contribution < -0.4 is 5.32 Å². The highest BCUT2D eigenvalue weighted by molar-refractivity contribution is 7.16. The molecule has 0 saturated carbocycles. The number of hydrogen-bond donors (Lipinski definition) is 1. The van der Waals surface area contributed by atoms with Crippen molar-refractivity contribution in [3.8, 4) is 10.4 Å². The number of hydrogen-bond acceptors (Lipinski definition) is 6. The van der Waals surface area contributed by atoms with Crippen LogP contribution in [-0.4, -0.2) is 25.7 Å². The summed E-state index contributed by atoms with van der Waals surface area (Å²) >= 11 is 3.18. The predicted molar refractivity (Wildman–Crippen MR) is 103 cm³/mol. The molecule has 3 heterocycles. The minimum Gasteiger partial charge on any atom is -0.351 e. The Labute approximate surface area is 158 Å². The van der Waals surface area contributed by atoms with Crippen molar-refractivity contribution >= 4 is 33.5 Å². The van der Waals surface area contributed by atoms with Crippen molar-refractivity contribution in [3.05, 3.63) is 58.2 Å². The van der Waals surface area contributed by atoms with Crippen LogP contribution >= 0.6 is 22.7 Å². The van der Waals surface area contributed by atoms with Crippen LogP contribution in [0.15, 0.2) is 42.5 Å². The minimum absolute atomic E-state index is 0.0300. The summed E-state index contributed by atoms with van der Waals surface area (Å²) in [4.78, 5) is 15.2. The van der Waals surface area contributed by atoms with Gasteiger partial charge in [-0.05, 0) is 24.6 Å². The molecule has 8 heteroatoms. The SMILES string of the molecule is Cc1nnc2sc(CCC(=O)NCc3ccc(-c4ccccc4)s3)nn12. The Balaban J connectivity index is 1.29. The highest BCUT2D eigenvalue weighted by Gasteiger charge is 2.11. The Morgan fingerprint density at radius 1 is 1.12 bits per heavy atom. The van der Waals surface area contributed by atoms with Gasteiger partial charge in [0.2, 0.25) is 10.9 Å². The third-order valence-electron chi connectivity index (χ3n) is 3.93. The summed E-state index contributed by atoms with van der Waals surface area (Å²) in [5.74, 6) is 0.793. The van der Waals surface area contributed by atoms with Gasteiger partial charge in [-0.25, -0.2) is 0 Å². The summed E-state index contributed by atoms with van der Waals surface area (Å²) in [6.07, 6.45) is 1.03. The van der Waals surface area contributed by atoms with E-state index in [1.807, 2.05) is 25.1 Å². The zero-order valence-electron chi connectivity index (χ0n) is 14.2. The summed E-state index contributed by atoms with van der Waals surface area (Å²) in [7, 11) is 0. The molecule has 1 N–H and O–H groups in total. The number of nitrogens with one attached hydrogen (secondary N) is 1. The molecule has 4 aromatic rings. The average Bonchev–Trinajstić information content (AvgIpc) is 3.37. The van der Waals surface area contributed by atoms with E-state index in [2.05, 4.69) is 44.9 Å². The summed E-state index contributed by atoms with van der Waals surface area (Å²) < 4.78 is 1.72. The van der Waals surface area contributed by atoms with Gasteiger partial charge in [0, 0.05) is 22.6 Å². The normalized spacial score (nSPS) is 11.1. The lowest BCUT2D eigenvalue weighted by Crippen LogP contribution is -2.22. The maximum Gasteiger partial charge on any atom is 0.234 e. The number of rotatable bonds is 6. The zero-order chi connectivity index (χ0) is 17.9. The lowest BCUT2D eigenvalue weighted by Gasteiger charge is -2.02. The first-order chi connectivity index (χ1) is 12.7. The molecule has 1 amide bonds. The molecule has 4 rings (SSSR count). The second kappa shape index (κ2) is 7.35. The van der Waals surface area contributed by atoms with Crippen molar-refractivity contribution in [2.45, 2.75) is 26.3 Å². The fraction of sp³-hybridized carbons (Fsp3) is 0.222. The number of benzene rings is 1. The van der Waals surface area contributed by atoms with Gasteiger partial charge in [0.05, 0.1) is 6.54 Å². The topological polar surface area (TPSA) is 72.2 Å². The van der Waals surface area contributed by atoms with Crippen molar-refractivity contribution < 1.29 is 4.79 Å². The van der Waals surface area contributed by atoms with Crippen LogP contribution in [0.1, 0.15) is 22.1 Å². The molecular formula is C18H17N5OS2. The molecule has 0 fully saturated rings. The molecule has 0 aliphatic carbocycles. The molecule has 0 aliphatic heterocycles. The third-order valence-corrected chi connectivity index (χ3v) is 6.03. The standard InChI is InChI=1S/C18H17N5OS2/c1-12-20-21-18-23(12)22-17(26-18)10-9-16(24)19-11-14-7-8-15(25-14)13-5-3-2-4-6-13/h2-8H,9-11H2,1H3,(H,19,24). The molecule has 3 aromatic heterocycles. The van der Waals surface area contributed by atoms with E-state index in [0.717, 1.165) is 20.7 Å². The third kappa shape index (κ3) is 3.66. The maximum atomic E-state index is 12.1. The number of thiophene rings is 1. The molecule has 1 aromatic carbocycles. The Hall–Kier alpha value is -2.58. The number of aromatic nitrogens is 4. The van der Waals surface area contributed by atoms with E-state index in [9.17, 15) is 4.79 Å². The summed E-state index contributed by atoms with van der Waals surface area (Å²) in [6, 6.07) is 14.4. The van der Waals surface area contributed by atoms with Gasteiger partial charge in [0.1, 0.15) is 5.01 Å². The molecule has 6 nitrogen and oxygen atoms in total. The lowest BCUT2D eigenvalue weighted by atomic mass is 10.2. The largest absolute Gasteiger partial charge is 0.351 e. The van der Waals surface area contributed by atoms with E-state index < -0.39 is 0 Å². The maximum absolute atomic E-state index is 12.1. The van der Waals surface area contributed by atoms with Crippen molar-refractivity contribution in [1.29, 1.82) is 0 Å². The van der Waals surface area contributed by atoms with Crippen molar-refractivity contribution in [2.75, 3.05) is 0 Å². The fourth-order valence-electron chi connectivity index (χ4n) is 2.58. The molecule has 0 radical (unpaired) electrons.